The van der Waals surface area contributed by atoms with E-state index < -0.39 is 0 Å². The fraction of sp³-hybridized carbons (Fsp3) is 0.389. The van der Waals surface area contributed by atoms with Gasteiger partial charge in [0.05, 0.1) is 12.4 Å². The summed E-state index contributed by atoms with van der Waals surface area (Å²) < 4.78 is 0. The number of nitrogens with zero attached hydrogens (tertiary/aromatic N) is 3. The van der Waals surface area contributed by atoms with Crippen molar-refractivity contribution in [3.8, 4) is 0 Å². The molecular formula is C18H20N4O. The molecule has 118 valence electrons. The van der Waals surface area contributed by atoms with Gasteiger partial charge in [-0.3, -0.25) is 4.79 Å². The number of fused-ring (bicyclic) bond motifs is 1. The van der Waals surface area contributed by atoms with Crippen molar-refractivity contribution in [2.24, 2.45) is 0 Å². The van der Waals surface area contributed by atoms with Gasteiger partial charge in [-0.25, -0.2) is 9.97 Å². The van der Waals surface area contributed by atoms with Crippen LogP contribution in [0, 0.1) is 0 Å². The molecule has 1 amide bonds. The van der Waals surface area contributed by atoms with E-state index in [1.807, 2.05) is 6.07 Å². The van der Waals surface area contributed by atoms with E-state index in [1.54, 1.807) is 12.4 Å². The Bertz CT molecular complexity index is 707. The Balaban J connectivity index is 1.49. The number of carbonyl (C=O) groups excluding carboxylic acids is 1. The maximum Gasteiger partial charge on any atom is 0.271 e. The first-order chi connectivity index (χ1) is 11.3. The van der Waals surface area contributed by atoms with E-state index >= 15 is 0 Å². The molecule has 2 aliphatic rings. The number of benzene rings is 1. The smallest absolute Gasteiger partial charge is 0.271 e. The maximum absolute atomic E-state index is 12.2. The standard InChI is InChI=1S/C18H20N4O/c23-18(21-14-6-2-3-7-14)15-11-20-17(12-19-15)22-10-9-13-5-1-4-8-16(13)22/h1,4-5,8,11-12,14H,2-3,6-7,9-10H2,(H,21,23). The van der Waals surface area contributed by atoms with Crippen molar-refractivity contribution in [2.75, 3.05) is 11.4 Å². The van der Waals surface area contributed by atoms with Crippen LogP contribution < -0.4 is 10.2 Å². The zero-order chi connectivity index (χ0) is 15.6. The number of hydrogen-bond acceptors (Lipinski definition) is 4. The SMILES string of the molecule is O=C(NC1CCCC1)c1cnc(N2CCc3ccccc32)cn1. The van der Waals surface area contributed by atoms with Gasteiger partial charge in [-0.15, -0.1) is 0 Å². The zero-order valence-corrected chi connectivity index (χ0v) is 13.0. The number of amides is 1. The van der Waals surface area contributed by atoms with Crippen LogP contribution >= 0.6 is 0 Å². The lowest BCUT2D eigenvalue weighted by Crippen LogP contribution is -2.33. The number of para-hydroxylation sites is 1. The molecule has 5 nitrogen and oxygen atoms in total. The van der Waals surface area contributed by atoms with E-state index in [4.69, 9.17) is 0 Å². The summed E-state index contributed by atoms with van der Waals surface area (Å²) in [5.41, 5.74) is 2.91. The van der Waals surface area contributed by atoms with Gasteiger partial charge in [-0.1, -0.05) is 31.0 Å². The van der Waals surface area contributed by atoms with Crippen LogP contribution in [0.2, 0.25) is 0 Å². The van der Waals surface area contributed by atoms with Crippen LogP contribution in [0.25, 0.3) is 0 Å². The Morgan fingerprint density at radius 2 is 1.96 bits per heavy atom. The van der Waals surface area contributed by atoms with Crippen molar-refractivity contribution in [1.82, 2.24) is 15.3 Å². The average Bonchev–Trinajstić information content (AvgIpc) is 3.24. The number of nitrogens with one attached hydrogen (secondary N) is 1. The summed E-state index contributed by atoms with van der Waals surface area (Å²) >= 11 is 0. The van der Waals surface area contributed by atoms with Crippen LogP contribution in [0.1, 0.15) is 41.7 Å². The molecule has 0 bridgehead atoms. The van der Waals surface area contributed by atoms with Crippen LogP contribution in [0.15, 0.2) is 36.7 Å². The first-order valence-corrected chi connectivity index (χ1v) is 8.29. The predicted octanol–water partition coefficient (Wildman–Crippen LogP) is 2.84. The van der Waals surface area contributed by atoms with Gasteiger partial charge in [-0.05, 0) is 30.9 Å². The highest BCUT2D eigenvalue weighted by Gasteiger charge is 2.22. The van der Waals surface area contributed by atoms with E-state index in [2.05, 4.69) is 38.4 Å². The lowest BCUT2D eigenvalue weighted by Gasteiger charge is -2.18. The minimum Gasteiger partial charge on any atom is -0.348 e. The molecule has 1 N–H and O–H groups in total. The van der Waals surface area contributed by atoms with Gasteiger partial charge in [0, 0.05) is 18.3 Å². The third-order valence-electron chi connectivity index (χ3n) is 4.72. The molecule has 1 aromatic heterocycles. The van der Waals surface area contributed by atoms with Crippen molar-refractivity contribution >= 4 is 17.4 Å². The normalized spacial score (nSPS) is 17.3. The third-order valence-corrected chi connectivity index (χ3v) is 4.72. The summed E-state index contributed by atoms with van der Waals surface area (Å²) in [6.45, 7) is 0.904. The van der Waals surface area contributed by atoms with Crippen molar-refractivity contribution in [3.63, 3.8) is 0 Å². The number of hydrogen-bond donors (Lipinski definition) is 1. The topological polar surface area (TPSA) is 58.1 Å². The number of rotatable bonds is 3. The molecule has 4 rings (SSSR count). The van der Waals surface area contributed by atoms with Gasteiger partial charge in [-0.2, -0.15) is 0 Å². The molecule has 1 aliphatic carbocycles. The van der Waals surface area contributed by atoms with Gasteiger partial charge in [0.2, 0.25) is 0 Å². The largest absolute Gasteiger partial charge is 0.348 e. The Kier molecular flexibility index (Phi) is 3.69. The molecule has 1 aromatic carbocycles. The molecule has 0 radical (unpaired) electrons. The lowest BCUT2D eigenvalue weighted by molar-refractivity contribution is 0.0932. The van der Waals surface area contributed by atoms with E-state index in [-0.39, 0.29) is 5.91 Å². The summed E-state index contributed by atoms with van der Waals surface area (Å²) in [5.74, 6) is 0.685. The van der Waals surface area contributed by atoms with Crippen molar-refractivity contribution < 1.29 is 4.79 Å². The molecule has 0 atom stereocenters. The summed E-state index contributed by atoms with van der Waals surface area (Å²) in [5, 5.41) is 3.04. The summed E-state index contributed by atoms with van der Waals surface area (Å²) in [7, 11) is 0. The fourth-order valence-electron chi connectivity index (χ4n) is 3.48. The first-order valence-electron chi connectivity index (χ1n) is 8.29. The monoisotopic (exact) mass is 308 g/mol. The Morgan fingerprint density at radius 3 is 2.74 bits per heavy atom. The van der Waals surface area contributed by atoms with E-state index in [9.17, 15) is 4.79 Å². The number of anilines is 2. The van der Waals surface area contributed by atoms with Crippen LogP contribution in [0.3, 0.4) is 0 Å². The van der Waals surface area contributed by atoms with Gasteiger partial charge >= 0.3 is 0 Å². The molecule has 1 aliphatic heterocycles. The third kappa shape index (κ3) is 2.79. The van der Waals surface area contributed by atoms with Crippen molar-refractivity contribution in [3.05, 3.63) is 47.9 Å². The molecule has 2 heterocycles. The van der Waals surface area contributed by atoms with Gasteiger partial charge in [0.25, 0.3) is 5.91 Å². The van der Waals surface area contributed by atoms with Crippen LogP contribution in [-0.4, -0.2) is 28.5 Å². The van der Waals surface area contributed by atoms with Crippen molar-refractivity contribution in [1.29, 1.82) is 0 Å². The molecule has 2 aromatic rings. The summed E-state index contributed by atoms with van der Waals surface area (Å²) in [6.07, 6.45) is 8.84. The van der Waals surface area contributed by atoms with E-state index in [0.717, 1.165) is 31.6 Å². The zero-order valence-electron chi connectivity index (χ0n) is 13.0. The van der Waals surface area contributed by atoms with Gasteiger partial charge in [0.1, 0.15) is 5.69 Å². The molecule has 0 spiro atoms. The maximum atomic E-state index is 12.2. The second-order valence-electron chi connectivity index (χ2n) is 6.25. The highest BCUT2D eigenvalue weighted by atomic mass is 16.1. The number of carbonyl (C=O) groups is 1. The Morgan fingerprint density at radius 1 is 1.13 bits per heavy atom. The van der Waals surface area contributed by atoms with E-state index in [1.165, 1.54) is 24.1 Å². The minimum atomic E-state index is -0.113. The van der Waals surface area contributed by atoms with Gasteiger partial charge in [0.15, 0.2) is 5.82 Å². The molecule has 5 heteroatoms. The highest BCUT2D eigenvalue weighted by Crippen LogP contribution is 2.32. The average molecular weight is 308 g/mol. The summed E-state index contributed by atoms with van der Waals surface area (Å²) in [6, 6.07) is 8.64. The van der Waals surface area contributed by atoms with Crippen LogP contribution in [0.5, 0.6) is 0 Å². The lowest BCUT2D eigenvalue weighted by atomic mass is 10.2. The minimum absolute atomic E-state index is 0.113. The quantitative estimate of drug-likeness (QED) is 0.947. The molecule has 1 saturated carbocycles. The molecule has 0 saturated heterocycles. The molecular weight excluding hydrogens is 288 g/mol. The second-order valence-corrected chi connectivity index (χ2v) is 6.25. The summed E-state index contributed by atoms with van der Waals surface area (Å²) in [4.78, 5) is 23.1. The Labute approximate surface area is 135 Å². The van der Waals surface area contributed by atoms with Gasteiger partial charge < -0.3 is 10.2 Å². The Hall–Kier alpha value is -2.43. The molecule has 1 fully saturated rings. The van der Waals surface area contributed by atoms with Crippen LogP contribution in [0.4, 0.5) is 11.5 Å². The molecule has 23 heavy (non-hydrogen) atoms. The first kappa shape index (κ1) is 14.2. The second kappa shape index (κ2) is 5.99. The predicted molar refractivity (Wildman–Crippen MR) is 88.9 cm³/mol. The molecule has 0 unspecified atom stereocenters. The van der Waals surface area contributed by atoms with Crippen LogP contribution in [-0.2, 0) is 6.42 Å². The number of aromatic nitrogens is 2. The highest BCUT2D eigenvalue weighted by molar-refractivity contribution is 5.92. The van der Waals surface area contributed by atoms with Crippen molar-refractivity contribution in [2.45, 2.75) is 38.1 Å². The van der Waals surface area contributed by atoms with E-state index in [0.29, 0.717) is 11.7 Å². The fourth-order valence-corrected chi connectivity index (χ4v) is 3.48.